The molecule has 3 rings (SSSR count). The van der Waals surface area contributed by atoms with E-state index in [1.54, 1.807) is 0 Å². The Labute approximate surface area is 136 Å². The number of hydrogen-bond acceptors (Lipinski definition) is 1. The molecule has 0 fully saturated rings. The SMILES string of the molecule is CC(C)NCc1cn(Cc2ccccc2Cl)c2ccccc12. The van der Waals surface area contributed by atoms with Crippen molar-refractivity contribution in [2.45, 2.75) is 33.0 Å². The van der Waals surface area contributed by atoms with E-state index < -0.39 is 0 Å². The van der Waals surface area contributed by atoms with Crippen LogP contribution in [-0.4, -0.2) is 10.6 Å². The molecule has 3 heteroatoms. The van der Waals surface area contributed by atoms with Crippen LogP contribution in [0.5, 0.6) is 0 Å². The molecule has 3 aromatic rings. The molecule has 1 heterocycles. The van der Waals surface area contributed by atoms with E-state index in [4.69, 9.17) is 11.6 Å². The quantitative estimate of drug-likeness (QED) is 0.713. The van der Waals surface area contributed by atoms with E-state index in [1.165, 1.54) is 16.5 Å². The molecular formula is C19H21ClN2. The molecular weight excluding hydrogens is 292 g/mol. The summed E-state index contributed by atoms with van der Waals surface area (Å²) in [4.78, 5) is 0. The van der Waals surface area contributed by atoms with Crippen LogP contribution in [0.25, 0.3) is 10.9 Å². The van der Waals surface area contributed by atoms with Gasteiger partial charge in [0.2, 0.25) is 0 Å². The predicted molar refractivity (Wildman–Crippen MR) is 94.5 cm³/mol. The van der Waals surface area contributed by atoms with Gasteiger partial charge in [0.25, 0.3) is 0 Å². The summed E-state index contributed by atoms with van der Waals surface area (Å²) in [5.41, 5.74) is 3.73. The van der Waals surface area contributed by atoms with Crippen LogP contribution < -0.4 is 5.32 Å². The van der Waals surface area contributed by atoms with E-state index in [0.717, 1.165) is 23.7 Å². The predicted octanol–water partition coefficient (Wildman–Crippen LogP) is 4.84. The summed E-state index contributed by atoms with van der Waals surface area (Å²) in [5.74, 6) is 0. The summed E-state index contributed by atoms with van der Waals surface area (Å²) in [6, 6.07) is 17.1. The van der Waals surface area contributed by atoms with Crippen LogP contribution in [0.3, 0.4) is 0 Å². The fraction of sp³-hybridized carbons (Fsp3) is 0.263. The molecule has 2 aromatic carbocycles. The smallest absolute Gasteiger partial charge is 0.0491 e. The minimum atomic E-state index is 0.477. The highest BCUT2D eigenvalue weighted by atomic mass is 35.5. The van der Waals surface area contributed by atoms with Gasteiger partial charge in [-0.2, -0.15) is 0 Å². The third kappa shape index (κ3) is 3.18. The minimum Gasteiger partial charge on any atom is -0.343 e. The molecule has 0 aliphatic carbocycles. The fourth-order valence-electron chi connectivity index (χ4n) is 2.72. The van der Waals surface area contributed by atoms with Crippen molar-refractivity contribution in [2.75, 3.05) is 0 Å². The zero-order valence-corrected chi connectivity index (χ0v) is 13.8. The van der Waals surface area contributed by atoms with Crippen molar-refractivity contribution in [2.24, 2.45) is 0 Å². The Morgan fingerprint density at radius 1 is 1.00 bits per heavy atom. The molecule has 0 atom stereocenters. The highest BCUT2D eigenvalue weighted by Crippen LogP contribution is 2.24. The number of halogens is 1. The second-order valence-corrected chi connectivity index (χ2v) is 6.33. The molecule has 0 aliphatic heterocycles. The first-order valence-corrected chi connectivity index (χ1v) is 8.06. The van der Waals surface area contributed by atoms with Gasteiger partial charge in [-0.3, -0.25) is 0 Å². The average molecular weight is 313 g/mol. The van der Waals surface area contributed by atoms with Gasteiger partial charge in [0.05, 0.1) is 0 Å². The summed E-state index contributed by atoms with van der Waals surface area (Å²) in [6.07, 6.45) is 2.24. The lowest BCUT2D eigenvalue weighted by molar-refractivity contribution is 0.589. The van der Waals surface area contributed by atoms with Gasteiger partial charge in [-0.1, -0.05) is 61.8 Å². The summed E-state index contributed by atoms with van der Waals surface area (Å²) in [5, 5.41) is 5.63. The molecule has 0 amide bonds. The highest BCUT2D eigenvalue weighted by Gasteiger charge is 2.09. The second kappa shape index (κ2) is 6.55. The molecule has 0 bridgehead atoms. The van der Waals surface area contributed by atoms with Crippen molar-refractivity contribution < 1.29 is 0 Å². The van der Waals surface area contributed by atoms with Crippen LogP contribution in [0.4, 0.5) is 0 Å². The molecule has 0 unspecified atom stereocenters. The Kier molecular flexibility index (Phi) is 4.51. The van der Waals surface area contributed by atoms with Gasteiger partial charge in [-0.15, -0.1) is 0 Å². The van der Waals surface area contributed by atoms with Gasteiger partial charge >= 0.3 is 0 Å². The molecule has 2 nitrogen and oxygen atoms in total. The van der Waals surface area contributed by atoms with E-state index in [2.05, 4.69) is 60.3 Å². The van der Waals surface area contributed by atoms with Crippen molar-refractivity contribution in [1.82, 2.24) is 9.88 Å². The molecule has 22 heavy (non-hydrogen) atoms. The first-order valence-electron chi connectivity index (χ1n) is 7.68. The van der Waals surface area contributed by atoms with E-state index in [1.807, 2.05) is 18.2 Å². The Morgan fingerprint density at radius 2 is 1.73 bits per heavy atom. The van der Waals surface area contributed by atoms with Gasteiger partial charge in [0.1, 0.15) is 0 Å². The third-order valence-electron chi connectivity index (χ3n) is 3.87. The van der Waals surface area contributed by atoms with E-state index >= 15 is 0 Å². The first-order chi connectivity index (χ1) is 10.6. The van der Waals surface area contributed by atoms with Crippen molar-refractivity contribution in [3.63, 3.8) is 0 Å². The van der Waals surface area contributed by atoms with E-state index in [0.29, 0.717) is 6.04 Å². The van der Waals surface area contributed by atoms with Crippen LogP contribution >= 0.6 is 11.6 Å². The maximum absolute atomic E-state index is 6.31. The topological polar surface area (TPSA) is 17.0 Å². The number of fused-ring (bicyclic) bond motifs is 1. The maximum Gasteiger partial charge on any atom is 0.0491 e. The number of para-hydroxylation sites is 1. The first kappa shape index (κ1) is 15.1. The van der Waals surface area contributed by atoms with Crippen molar-refractivity contribution >= 4 is 22.5 Å². The number of aromatic nitrogens is 1. The zero-order chi connectivity index (χ0) is 15.5. The molecule has 1 N–H and O–H groups in total. The molecule has 0 saturated heterocycles. The van der Waals surface area contributed by atoms with E-state index in [-0.39, 0.29) is 0 Å². The van der Waals surface area contributed by atoms with Crippen molar-refractivity contribution in [3.05, 3.63) is 70.9 Å². The Morgan fingerprint density at radius 3 is 2.50 bits per heavy atom. The fourth-order valence-corrected chi connectivity index (χ4v) is 2.91. The second-order valence-electron chi connectivity index (χ2n) is 5.93. The Balaban J connectivity index is 1.97. The van der Waals surface area contributed by atoms with Gasteiger partial charge in [0, 0.05) is 41.3 Å². The molecule has 1 aromatic heterocycles. The summed E-state index contributed by atoms with van der Waals surface area (Å²) < 4.78 is 2.29. The lowest BCUT2D eigenvalue weighted by Gasteiger charge is -2.07. The molecule has 114 valence electrons. The molecule has 0 radical (unpaired) electrons. The average Bonchev–Trinajstić information content (AvgIpc) is 2.86. The lowest BCUT2D eigenvalue weighted by atomic mass is 10.1. The number of nitrogens with zero attached hydrogens (tertiary/aromatic N) is 1. The Hall–Kier alpha value is -1.77. The standard InChI is InChI=1S/C19H21ClN2/c1-14(2)21-11-16-13-22(19-10-6-4-8-17(16)19)12-15-7-3-5-9-18(15)20/h3-10,13-14,21H,11-12H2,1-2H3. The van der Waals surface area contributed by atoms with Gasteiger partial charge in [0.15, 0.2) is 0 Å². The van der Waals surface area contributed by atoms with Gasteiger partial charge in [-0.05, 0) is 23.3 Å². The van der Waals surface area contributed by atoms with Crippen molar-refractivity contribution in [1.29, 1.82) is 0 Å². The Bertz CT molecular complexity index is 774. The molecule has 0 spiro atoms. The van der Waals surface area contributed by atoms with Crippen LogP contribution in [-0.2, 0) is 13.1 Å². The third-order valence-corrected chi connectivity index (χ3v) is 4.24. The number of hydrogen-bond donors (Lipinski definition) is 1. The number of benzene rings is 2. The maximum atomic E-state index is 6.31. The number of nitrogens with one attached hydrogen (secondary N) is 1. The summed E-state index contributed by atoms with van der Waals surface area (Å²) >= 11 is 6.31. The lowest BCUT2D eigenvalue weighted by Crippen LogP contribution is -2.21. The largest absolute Gasteiger partial charge is 0.343 e. The molecule has 0 aliphatic rings. The molecule has 0 saturated carbocycles. The van der Waals surface area contributed by atoms with Crippen LogP contribution in [0.2, 0.25) is 5.02 Å². The monoisotopic (exact) mass is 312 g/mol. The van der Waals surface area contributed by atoms with Crippen LogP contribution in [0.15, 0.2) is 54.7 Å². The summed E-state index contributed by atoms with van der Waals surface area (Å²) in [7, 11) is 0. The number of rotatable bonds is 5. The normalized spacial score (nSPS) is 11.5. The minimum absolute atomic E-state index is 0.477. The van der Waals surface area contributed by atoms with Crippen LogP contribution in [0, 0.1) is 0 Å². The zero-order valence-electron chi connectivity index (χ0n) is 13.0. The van der Waals surface area contributed by atoms with E-state index in [9.17, 15) is 0 Å². The summed E-state index contributed by atoms with van der Waals surface area (Å²) in [6.45, 7) is 6.02. The van der Waals surface area contributed by atoms with Crippen LogP contribution in [0.1, 0.15) is 25.0 Å². The van der Waals surface area contributed by atoms with Gasteiger partial charge < -0.3 is 9.88 Å². The highest BCUT2D eigenvalue weighted by molar-refractivity contribution is 6.31. The van der Waals surface area contributed by atoms with Gasteiger partial charge in [-0.25, -0.2) is 0 Å². The van der Waals surface area contributed by atoms with Crippen molar-refractivity contribution in [3.8, 4) is 0 Å².